The minimum Gasteiger partial charge on any atom is -0.399 e. The van der Waals surface area contributed by atoms with Gasteiger partial charge in [-0.2, -0.15) is 0 Å². The fourth-order valence-electron chi connectivity index (χ4n) is 4.84. The molecule has 0 unspecified atom stereocenters. The Morgan fingerprint density at radius 2 is 1.50 bits per heavy atom. The molecule has 180 valence electrons. The first-order chi connectivity index (χ1) is 17.6. The Bertz CT molecular complexity index is 1590. The zero-order chi connectivity index (χ0) is 25.0. The van der Waals surface area contributed by atoms with Crippen molar-refractivity contribution in [2.24, 2.45) is 5.16 Å². The molecule has 0 aliphatic heterocycles. The summed E-state index contributed by atoms with van der Waals surface area (Å²) in [6.07, 6.45) is 4.36. The molecule has 0 aromatic heterocycles. The van der Waals surface area contributed by atoms with Gasteiger partial charge in [-0.25, -0.2) is 8.42 Å². The summed E-state index contributed by atoms with van der Waals surface area (Å²) in [6.45, 7) is 0. The smallest absolute Gasteiger partial charge is 0.199 e. The second-order valence-corrected chi connectivity index (χ2v) is 10.5. The molecule has 36 heavy (non-hydrogen) atoms. The molecule has 0 saturated heterocycles. The first-order valence-corrected chi connectivity index (χ1v) is 13.5. The number of sulfone groups is 1. The Labute approximate surface area is 212 Å². The largest absolute Gasteiger partial charge is 0.399 e. The standard InChI is InChI=1S/C31H27NO3S/c1-35-32-29-18-10-17-28(23-11-4-2-5-12-23)31(29)30-25(20-19-24-13-8-9-16-27(24)30)21-22-36(33,34)26-14-6-3-7-15-26/h2-9,11-16,19-22H,10,17-18H2,1H3/b22-21+,32-29+. The highest BCUT2D eigenvalue weighted by Gasteiger charge is 2.25. The number of allylic oxidation sites excluding steroid dienone is 2. The highest BCUT2D eigenvalue weighted by molar-refractivity contribution is 7.94. The Kier molecular flexibility index (Phi) is 6.83. The molecule has 0 heterocycles. The van der Waals surface area contributed by atoms with E-state index in [1.54, 1.807) is 37.5 Å². The lowest BCUT2D eigenvalue weighted by Gasteiger charge is -2.25. The van der Waals surface area contributed by atoms with Crippen LogP contribution in [-0.4, -0.2) is 21.2 Å². The molecule has 4 nitrogen and oxygen atoms in total. The molecular formula is C31H27NO3S. The van der Waals surface area contributed by atoms with Crippen LogP contribution in [0.25, 0.3) is 28.0 Å². The summed E-state index contributed by atoms with van der Waals surface area (Å²) >= 11 is 0. The van der Waals surface area contributed by atoms with Crippen molar-refractivity contribution in [2.75, 3.05) is 7.11 Å². The number of nitrogens with zero attached hydrogens (tertiary/aromatic N) is 1. The Balaban J connectivity index is 1.79. The van der Waals surface area contributed by atoms with E-state index >= 15 is 0 Å². The van der Waals surface area contributed by atoms with Crippen molar-refractivity contribution < 1.29 is 13.3 Å². The normalized spacial score (nSPS) is 15.6. The topological polar surface area (TPSA) is 55.7 Å². The van der Waals surface area contributed by atoms with E-state index in [1.807, 2.05) is 48.5 Å². The molecular weight excluding hydrogens is 466 g/mol. The molecule has 4 aromatic carbocycles. The van der Waals surface area contributed by atoms with Crippen LogP contribution in [-0.2, 0) is 14.7 Å². The Morgan fingerprint density at radius 3 is 2.25 bits per heavy atom. The van der Waals surface area contributed by atoms with Crippen molar-refractivity contribution >= 4 is 43.5 Å². The maximum atomic E-state index is 13.1. The van der Waals surface area contributed by atoms with Gasteiger partial charge in [-0.1, -0.05) is 90.1 Å². The van der Waals surface area contributed by atoms with E-state index in [-0.39, 0.29) is 4.90 Å². The van der Waals surface area contributed by atoms with E-state index in [9.17, 15) is 8.42 Å². The van der Waals surface area contributed by atoms with E-state index in [2.05, 4.69) is 29.4 Å². The van der Waals surface area contributed by atoms with Crippen molar-refractivity contribution in [3.63, 3.8) is 0 Å². The van der Waals surface area contributed by atoms with Crippen LogP contribution in [0.1, 0.15) is 36.0 Å². The summed E-state index contributed by atoms with van der Waals surface area (Å²) < 4.78 is 26.1. The average Bonchev–Trinajstić information content (AvgIpc) is 2.93. The number of hydrogen-bond donors (Lipinski definition) is 0. The fourth-order valence-corrected chi connectivity index (χ4v) is 5.86. The van der Waals surface area contributed by atoms with E-state index in [0.29, 0.717) is 0 Å². The van der Waals surface area contributed by atoms with E-state index in [0.717, 1.165) is 58.0 Å². The highest BCUT2D eigenvalue weighted by atomic mass is 32.2. The van der Waals surface area contributed by atoms with E-state index in [1.165, 1.54) is 11.0 Å². The molecule has 0 spiro atoms. The monoisotopic (exact) mass is 493 g/mol. The number of rotatable bonds is 6. The van der Waals surface area contributed by atoms with Gasteiger partial charge in [0.25, 0.3) is 0 Å². The van der Waals surface area contributed by atoms with Crippen molar-refractivity contribution in [2.45, 2.75) is 24.2 Å². The molecule has 0 amide bonds. The SMILES string of the molecule is CO/N=C1\CCCC(c2ccccc2)=C1c1c(/C=C/S(=O)(=O)c2ccccc2)ccc2ccccc12. The predicted molar refractivity (Wildman–Crippen MR) is 148 cm³/mol. The van der Waals surface area contributed by atoms with Gasteiger partial charge in [0.2, 0.25) is 0 Å². The zero-order valence-electron chi connectivity index (χ0n) is 20.1. The highest BCUT2D eigenvalue weighted by Crippen LogP contribution is 2.41. The van der Waals surface area contributed by atoms with Crippen LogP contribution in [0, 0.1) is 0 Å². The lowest BCUT2D eigenvalue weighted by molar-refractivity contribution is 0.213. The molecule has 0 atom stereocenters. The van der Waals surface area contributed by atoms with Crippen LogP contribution < -0.4 is 0 Å². The summed E-state index contributed by atoms with van der Waals surface area (Å²) in [5.74, 6) is 0. The third-order valence-electron chi connectivity index (χ3n) is 6.46. The van der Waals surface area contributed by atoms with E-state index in [4.69, 9.17) is 4.84 Å². The molecule has 1 aliphatic rings. The molecule has 5 heteroatoms. The van der Waals surface area contributed by atoms with Crippen molar-refractivity contribution in [1.82, 2.24) is 0 Å². The second kappa shape index (κ2) is 10.3. The Morgan fingerprint density at radius 1 is 0.806 bits per heavy atom. The average molecular weight is 494 g/mol. The molecule has 5 rings (SSSR count). The second-order valence-electron chi connectivity index (χ2n) is 8.71. The van der Waals surface area contributed by atoms with Crippen LogP contribution in [0.4, 0.5) is 0 Å². The third-order valence-corrected chi connectivity index (χ3v) is 7.89. The minimum absolute atomic E-state index is 0.270. The van der Waals surface area contributed by atoms with Crippen LogP contribution >= 0.6 is 0 Å². The van der Waals surface area contributed by atoms with Gasteiger partial charge in [0, 0.05) is 11.0 Å². The zero-order valence-corrected chi connectivity index (χ0v) is 20.9. The third kappa shape index (κ3) is 4.75. The van der Waals surface area contributed by atoms with Gasteiger partial charge in [-0.3, -0.25) is 0 Å². The molecule has 0 fully saturated rings. The molecule has 4 aromatic rings. The summed E-state index contributed by atoms with van der Waals surface area (Å²) in [4.78, 5) is 5.55. The van der Waals surface area contributed by atoms with Crippen LogP contribution in [0.3, 0.4) is 0 Å². The van der Waals surface area contributed by atoms with Crippen molar-refractivity contribution in [3.8, 4) is 0 Å². The van der Waals surface area contributed by atoms with Gasteiger partial charge in [-0.05, 0) is 70.5 Å². The van der Waals surface area contributed by atoms with Gasteiger partial charge < -0.3 is 4.84 Å². The molecule has 0 N–H and O–H groups in total. The lowest BCUT2D eigenvalue weighted by Crippen LogP contribution is -2.13. The van der Waals surface area contributed by atoms with Gasteiger partial charge in [-0.15, -0.1) is 0 Å². The molecule has 0 saturated carbocycles. The van der Waals surface area contributed by atoms with Crippen LogP contribution in [0.15, 0.2) is 113 Å². The van der Waals surface area contributed by atoms with Gasteiger partial charge >= 0.3 is 0 Å². The lowest BCUT2D eigenvalue weighted by atomic mass is 9.79. The number of fused-ring (bicyclic) bond motifs is 1. The molecule has 1 aliphatic carbocycles. The summed E-state index contributed by atoms with van der Waals surface area (Å²) in [6, 6.07) is 31.0. The maximum absolute atomic E-state index is 13.1. The minimum atomic E-state index is -3.60. The summed E-state index contributed by atoms with van der Waals surface area (Å²) in [5, 5.41) is 7.87. The van der Waals surface area contributed by atoms with Crippen molar-refractivity contribution in [3.05, 3.63) is 119 Å². The number of benzene rings is 4. The first kappa shape index (κ1) is 23.8. The fraction of sp³-hybridized carbons (Fsp3) is 0.129. The van der Waals surface area contributed by atoms with Crippen molar-refractivity contribution in [1.29, 1.82) is 0 Å². The maximum Gasteiger partial charge on any atom is 0.199 e. The van der Waals surface area contributed by atoms with Crippen LogP contribution in [0.5, 0.6) is 0 Å². The predicted octanol–water partition coefficient (Wildman–Crippen LogP) is 7.38. The van der Waals surface area contributed by atoms with Crippen LogP contribution in [0.2, 0.25) is 0 Å². The molecule has 0 radical (unpaired) electrons. The summed E-state index contributed by atoms with van der Waals surface area (Å²) in [5.41, 5.74) is 6.01. The van der Waals surface area contributed by atoms with E-state index < -0.39 is 9.84 Å². The van der Waals surface area contributed by atoms with Gasteiger partial charge in [0.15, 0.2) is 9.84 Å². The van der Waals surface area contributed by atoms with Gasteiger partial charge in [0.05, 0.1) is 10.6 Å². The summed E-state index contributed by atoms with van der Waals surface area (Å²) in [7, 11) is -2.03. The molecule has 0 bridgehead atoms. The quantitative estimate of drug-likeness (QED) is 0.263. The Hall–Kier alpha value is -3.96. The number of oxime groups is 1. The first-order valence-electron chi connectivity index (χ1n) is 12.0. The number of hydrogen-bond acceptors (Lipinski definition) is 4. The van der Waals surface area contributed by atoms with Gasteiger partial charge in [0.1, 0.15) is 7.11 Å².